The maximum atomic E-state index is 12.1. The smallest absolute Gasteiger partial charge is 0.255 e. The van der Waals surface area contributed by atoms with E-state index in [2.05, 4.69) is 25.3 Å². The molecule has 8 nitrogen and oxygen atoms in total. The summed E-state index contributed by atoms with van der Waals surface area (Å²) in [5.41, 5.74) is 2.28. The van der Waals surface area contributed by atoms with Crippen LogP contribution in [0.4, 0.5) is 5.95 Å². The van der Waals surface area contributed by atoms with Gasteiger partial charge >= 0.3 is 0 Å². The normalized spacial score (nSPS) is 15.3. The highest BCUT2D eigenvalue weighted by atomic mass is 16.1. The first-order valence-electron chi connectivity index (χ1n) is 9.04. The predicted octanol–water partition coefficient (Wildman–Crippen LogP) is 1.07. The zero-order valence-corrected chi connectivity index (χ0v) is 15.6. The number of hydrogen-bond donors (Lipinski definition) is 2. The molecule has 0 atom stereocenters. The van der Waals surface area contributed by atoms with Gasteiger partial charge in [-0.25, -0.2) is 4.98 Å². The zero-order chi connectivity index (χ0) is 18.7. The molecule has 0 spiro atoms. The number of nitrogens with one attached hydrogen (secondary N) is 2. The van der Waals surface area contributed by atoms with Gasteiger partial charge in [-0.15, -0.1) is 0 Å². The second kappa shape index (κ2) is 7.72. The van der Waals surface area contributed by atoms with E-state index in [1.54, 1.807) is 11.6 Å². The Morgan fingerprint density at radius 2 is 2.04 bits per heavy atom. The highest BCUT2D eigenvalue weighted by Crippen LogP contribution is 2.16. The molecule has 1 aliphatic rings. The van der Waals surface area contributed by atoms with Gasteiger partial charge in [-0.3, -0.25) is 19.3 Å². The van der Waals surface area contributed by atoms with E-state index in [1.807, 2.05) is 26.1 Å². The number of anilines is 1. The molecule has 2 aromatic rings. The van der Waals surface area contributed by atoms with Crippen LogP contribution in [0, 0.1) is 20.8 Å². The molecule has 8 heteroatoms. The van der Waals surface area contributed by atoms with Crippen LogP contribution in [0.25, 0.3) is 0 Å². The lowest BCUT2D eigenvalue weighted by Gasteiger charge is -2.32. The summed E-state index contributed by atoms with van der Waals surface area (Å²) in [4.78, 5) is 33.5. The summed E-state index contributed by atoms with van der Waals surface area (Å²) >= 11 is 0. The first-order valence-corrected chi connectivity index (χ1v) is 9.04. The van der Waals surface area contributed by atoms with Crippen molar-refractivity contribution in [1.29, 1.82) is 0 Å². The summed E-state index contributed by atoms with van der Waals surface area (Å²) in [5, 5.41) is 7.39. The van der Waals surface area contributed by atoms with Crippen molar-refractivity contribution in [1.82, 2.24) is 25.1 Å². The lowest BCUT2D eigenvalue weighted by atomic mass is 10.1. The molecule has 1 amide bonds. The topological polar surface area (TPSA) is 95.9 Å². The number of carbonyl (C=O) groups is 1. The SMILES string of the molecule is Cc1ccn(CCC(=O)NC2CCN(c3nc(C)c(C)c(=O)[nH]3)CC2)n1. The first kappa shape index (κ1) is 18.2. The number of hydrogen-bond acceptors (Lipinski definition) is 5. The molecular formula is C18H26N6O2. The zero-order valence-electron chi connectivity index (χ0n) is 15.6. The molecular weight excluding hydrogens is 332 g/mol. The van der Waals surface area contributed by atoms with Crippen LogP contribution in [-0.2, 0) is 11.3 Å². The largest absolute Gasteiger partial charge is 0.353 e. The number of aromatic amines is 1. The van der Waals surface area contributed by atoms with Crippen molar-refractivity contribution in [2.24, 2.45) is 0 Å². The van der Waals surface area contributed by atoms with Crippen LogP contribution < -0.4 is 15.8 Å². The summed E-state index contributed by atoms with van der Waals surface area (Å²) in [7, 11) is 0. The minimum atomic E-state index is -0.0863. The summed E-state index contributed by atoms with van der Waals surface area (Å²) < 4.78 is 1.79. The molecule has 0 aliphatic carbocycles. The molecule has 2 N–H and O–H groups in total. The second-order valence-corrected chi connectivity index (χ2v) is 6.90. The predicted molar refractivity (Wildman–Crippen MR) is 99.3 cm³/mol. The van der Waals surface area contributed by atoms with Crippen molar-refractivity contribution >= 4 is 11.9 Å². The Labute approximate surface area is 152 Å². The molecule has 3 heterocycles. The average Bonchev–Trinajstić information content (AvgIpc) is 3.03. The third kappa shape index (κ3) is 4.30. The molecule has 2 aromatic heterocycles. The summed E-state index contributed by atoms with van der Waals surface area (Å²) in [6, 6.07) is 2.09. The van der Waals surface area contributed by atoms with Gasteiger partial charge in [0.05, 0.1) is 5.69 Å². The molecule has 1 fully saturated rings. The van der Waals surface area contributed by atoms with E-state index in [0.29, 0.717) is 24.5 Å². The van der Waals surface area contributed by atoms with Crippen molar-refractivity contribution in [3.8, 4) is 0 Å². The van der Waals surface area contributed by atoms with E-state index in [0.717, 1.165) is 37.3 Å². The van der Waals surface area contributed by atoms with Crippen molar-refractivity contribution in [2.45, 2.75) is 52.6 Å². The molecule has 0 saturated carbocycles. The lowest BCUT2D eigenvalue weighted by molar-refractivity contribution is -0.122. The number of nitrogens with zero attached hydrogens (tertiary/aromatic N) is 4. The Bertz CT molecular complexity index is 832. The Hall–Kier alpha value is -2.64. The first-order chi connectivity index (χ1) is 12.4. The lowest BCUT2D eigenvalue weighted by Crippen LogP contribution is -2.45. The van der Waals surface area contributed by atoms with Crippen LogP contribution in [0.3, 0.4) is 0 Å². The van der Waals surface area contributed by atoms with Crippen LogP contribution >= 0.6 is 0 Å². The molecule has 0 bridgehead atoms. The van der Waals surface area contributed by atoms with Crippen molar-refractivity contribution in [3.05, 3.63) is 39.6 Å². The summed E-state index contributed by atoms with van der Waals surface area (Å²) in [6.45, 7) is 7.66. The quantitative estimate of drug-likeness (QED) is 0.833. The van der Waals surface area contributed by atoms with E-state index in [1.165, 1.54) is 0 Å². The highest BCUT2D eigenvalue weighted by molar-refractivity contribution is 5.76. The molecule has 0 unspecified atom stereocenters. The Morgan fingerprint density at radius 1 is 1.31 bits per heavy atom. The Kier molecular flexibility index (Phi) is 5.39. The molecule has 1 saturated heterocycles. The Balaban J connectivity index is 1.47. The van der Waals surface area contributed by atoms with Crippen LogP contribution in [0.15, 0.2) is 17.1 Å². The highest BCUT2D eigenvalue weighted by Gasteiger charge is 2.22. The van der Waals surface area contributed by atoms with Gasteiger partial charge in [-0.1, -0.05) is 0 Å². The number of aryl methyl sites for hydroxylation is 3. The number of H-pyrrole nitrogens is 1. The fourth-order valence-electron chi connectivity index (χ4n) is 3.12. The van der Waals surface area contributed by atoms with Gasteiger partial charge in [0.25, 0.3) is 5.56 Å². The second-order valence-electron chi connectivity index (χ2n) is 6.90. The van der Waals surface area contributed by atoms with Crippen LogP contribution in [0.1, 0.15) is 36.2 Å². The van der Waals surface area contributed by atoms with Crippen molar-refractivity contribution in [2.75, 3.05) is 18.0 Å². The van der Waals surface area contributed by atoms with Gasteiger partial charge in [0, 0.05) is 49.6 Å². The molecule has 26 heavy (non-hydrogen) atoms. The molecule has 0 aromatic carbocycles. The maximum Gasteiger partial charge on any atom is 0.255 e. The van der Waals surface area contributed by atoms with E-state index in [9.17, 15) is 9.59 Å². The summed E-state index contributed by atoms with van der Waals surface area (Å²) in [6.07, 6.45) is 3.98. The third-order valence-corrected chi connectivity index (χ3v) is 4.88. The summed E-state index contributed by atoms with van der Waals surface area (Å²) in [5.74, 6) is 0.672. The van der Waals surface area contributed by atoms with Gasteiger partial charge < -0.3 is 10.2 Å². The van der Waals surface area contributed by atoms with Gasteiger partial charge in [-0.05, 0) is 39.7 Å². The van der Waals surface area contributed by atoms with Crippen LogP contribution in [-0.4, -0.2) is 44.8 Å². The fourth-order valence-corrected chi connectivity index (χ4v) is 3.12. The minimum absolute atomic E-state index is 0.0503. The number of piperidine rings is 1. The van der Waals surface area contributed by atoms with E-state index >= 15 is 0 Å². The van der Waals surface area contributed by atoms with E-state index < -0.39 is 0 Å². The monoisotopic (exact) mass is 358 g/mol. The Morgan fingerprint density at radius 3 is 2.65 bits per heavy atom. The molecule has 3 rings (SSSR count). The van der Waals surface area contributed by atoms with Crippen molar-refractivity contribution < 1.29 is 4.79 Å². The maximum absolute atomic E-state index is 12.1. The van der Waals surface area contributed by atoms with Gasteiger partial charge in [0.1, 0.15) is 0 Å². The molecule has 1 aliphatic heterocycles. The molecule has 140 valence electrons. The minimum Gasteiger partial charge on any atom is -0.353 e. The third-order valence-electron chi connectivity index (χ3n) is 4.88. The average molecular weight is 358 g/mol. The van der Waals surface area contributed by atoms with E-state index in [4.69, 9.17) is 0 Å². The number of carbonyl (C=O) groups excluding carboxylic acids is 1. The van der Waals surface area contributed by atoms with Crippen LogP contribution in [0.5, 0.6) is 0 Å². The number of amides is 1. The van der Waals surface area contributed by atoms with E-state index in [-0.39, 0.29) is 17.5 Å². The van der Waals surface area contributed by atoms with Gasteiger partial charge in [0.15, 0.2) is 0 Å². The standard InChI is InChI=1S/C18H26N6O2/c1-12-4-10-24(22-12)11-7-16(25)20-15-5-8-23(9-6-15)18-19-14(3)13(2)17(26)21-18/h4,10,15H,5-9,11H2,1-3H3,(H,20,25)(H,19,21,26). The van der Waals surface area contributed by atoms with Crippen LogP contribution in [0.2, 0.25) is 0 Å². The van der Waals surface area contributed by atoms with Crippen molar-refractivity contribution in [3.63, 3.8) is 0 Å². The van der Waals surface area contributed by atoms with Gasteiger partial charge in [0.2, 0.25) is 11.9 Å². The molecule has 0 radical (unpaired) electrons. The van der Waals surface area contributed by atoms with Gasteiger partial charge in [-0.2, -0.15) is 5.10 Å². The number of aromatic nitrogens is 4. The fraction of sp³-hybridized carbons (Fsp3) is 0.556. The number of rotatable bonds is 5.